The summed E-state index contributed by atoms with van der Waals surface area (Å²) in [5.74, 6) is 0.854. The van der Waals surface area contributed by atoms with Crippen LogP contribution in [0.2, 0.25) is 0 Å². The molecular formula is C10H14N2. The Labute approximate surface area is 73.1 Å². The molecule has 0 radical (unpaired) electrons. The summed E-state index contributed by atoms with van der Waals surface area (Å²) in [6.45, 7) is 2.26. The number of fused-ring (bicyclic) bond motifs is 1. The lowest BCUT2D eigenvalue weighted by Crippen LogP contribution is -2.15. The Bertz CT molecular complexity index is 270. The molecule has 0 saturated heterocycles. The molecule has 0 N–H and O–H groups in total. The average Bonchev–Trinajstić information content (AvgIpc) is 2.17. The van der Waals surface area contributed by atoms with Crippen molar-refractivity contribution >= 4 is 0 Å². The Balaban J connectivity index is 2.23. The molecule has 1 aliphatic rings. The first-order valence-electron chi connectivity index (χ1n) is 4.68. The molecule has 0 spiro atoms. The van der Waals surface area contributed by atoms with Gasteiger partial charge in [0.1, 0.15) is 6.33 Å². The van der Waals surface area contributed by atoms with E-state index >= 15 is 0 Å². The topological polar surface area (TPSA) is 25.8 Å². The van der Waals surface area contributed by atoms with Crippen LogP contribution >= 0.6 is 0 Å². The van der Waals surface area contributed by atoms with Crippen molar-refractivity contribution in [1.29, 1.82) is 0 Å². The molecule has 64 valence electrons. The summed E-state index contributed by atoms with van der Waals surface area (Å²) in [5.41, 5.74) is 2.64. The van der Waals surface area contributed by atoms with Crippen molar-refractivity contribution in [3.8, 4) is 0 Å². The third-order valence-electron chi connectivity index (χ3n) is 2.76. The summed E-state index contributed by atoms with van der Waals surface area (Å²) in [7, 11) is 0. The van der Waals surface area contributed by atoms with Gasteiger partial charge in [-0.1, -0.05) is 13.3 Å². The maximum atomic E-state index is 4.31. The number of aromatic nitrogens is 2. The molecule has 0 bridgehead atoms. The normalized spacial score (nSPS) is 21.9. The van der Waals surface area contributed by atoms with E-state index < -0.39 is 0 Å². The monoisotopic (exact) mass is 162 g/mol. The van der Waals surface area contributed by atoms with E-state index in [1.807, 2.05) is 6.20 Å². The highest BCUT2D eigenvalue weighted by Gasteiger charge is 2.17. The highest BCUT2D eigenvalue weighted by Crippen LogP contribution is 2.24. The van der Waals surface area contributed by atoms with Crippen LogP contribution in [0, 0.1) is 5.92 Å². The zero-order valence-corrected chi connectivity index (χ0v) is 7.45. The second kappa shape index (κ2) is 3.21. The van der Waals surface area contributed by atoms with Gasteiger partial charge in [0.2, 0.25) is 0 Å². The molecule has 0 aliphatic heterocycles. The number of rotatable bonds is 1. The number of hydrogen-bond donors (Lipinski definition) is 0. The molecule has 0 unspecified atom stereocenters. The van der Waals surface area contributed by atoms with Crippen LogP contribution in [0.1, 0.15) is 31.0 Å². The summed E-state index contributed by atoms with van der Waals surface area (Å²) < 4.78 is 0. The third kappa shape index (κ3) is 1.33. The Kier molecular flexibility index (Phi) is 2.07. The van der Waals surface area contributed by atoms with Crippen molar-refractivity contribution in [1.82, 2.24) is 9.97 Å². The molecule has 1 heterocycles. The van der Waals surface area contributed by atoms with Crippen LogP contribution < -0.4 is 0 Å². The number of nitrogens with zero attached hydrogens (tertiary/aromatic N) is 2. The van der Waals surface area contributed by atoms with E-state index in [0.29, 0.717) is 0 Å². The van der Waals surface area contributed by atoms with Gasteiger partial charge < -0.3 is 0 Å². The van der Waals surface area contributed by atoms with E-state index in [-0.39, 0.29) is 0 Å². The van der Waals surface area contributed by atoms with Gasteiger partial charge in [-0.3, -0.25) is 0 Å². The van der Waals surface area contributed by atoms with Crippen LogP contribution in [0.15, 0.2) is 12.5 Å². The van der Waals surface area contributed by atoms with E-state index in [0.717, 1.165) is 12.3 Å². The molecule has 2 rings (SSSR count). The van der Waals surface area contributed by atoms with Crippen LogP contribution in [0.3, 0.4) is 0 Å². The lowest BCUT2D eigenvalue weighted by molar-refractivity contribution is 0.437. The van der Waals surface area contributed by atoms with Crippen molar-refractivity contribution in [2.24, 2.45) is 5.92 Å². The standard InChI is InChI=1S/C10H14N2/c1-2-8-3-4-9-6-11-7-12-10(9)5-8/h6-8H,2-5H2,1H3/t8-/m0/s1. The van der Waals surface area contributed by atoms with Crippen LogP contribution in [0.5, 0.6) is 0 Å². The summed E-state index contributed by atoms with van der Waals surface area (Å²) in [4.78, 5) is 8.34. The highest BCUT2D eigenvalue weighted by atomic mass is 14.8. The zero-order valence-electron chi connectivity index (χ0n) is 7.45. The van der Waals surface area contributed by atoms with Gasteiger partial charge in [-0.05, 0) is 30.7 Å². The smallest absolute Gasteiger partial charge is 0.115 e. The van der Waals surface area contributed by atoms with Crippen molar-refractivity contribution in [2.45, 2.75) is 32.6 Å². The van der Waals surface area contributed by atoms with Crippen LogP contribution in [0.4, 0.5) is 0 Å². The lowest BCUT2D eigenvalue weighted by Gasteiger charge is -2.21. The van der Waals surface area contributed by atoms with Crippen molar-refractivity contribution < 1.29 is 0 Å². The van der Waals surface area contributed by atoms with Crippen molar-refractivity contribution in [2.75, 3.05) is 0 Å². The van der Waals surface area contributed by atoms with Gasteiger partial charge in [-0.25, -0.2) is 9.97 Å². The molecule has 1 aromatic rings. The second-order valence-corrected chi connectivity index (χ2v) is 3.51. The predicted molar refractivity (Wildman–Crippen MR) is 47.8 cm³/mol. The maximum Gasteiger partial charge on any atom is 0.115 e. The molecular weight excluding hydrogens is 148 g/mol. The molecule has 1 atom stereocenters. The first-order chi connectivity index (χ1) is 5.90. The molecule has 12 heavy (non-hydrogen) atoms. The largest absolute Gasteiger partial charge is 0.245 e. The molecule has 1 aromatic heterocycles. The minimum absolute atomic E-state index is 0.854. The summed E-state index contributed by atoms with van der Waals surface area (Å²) >= 11 is 0. The number of hydrogen-bond acceptors (Lipinski definition) is 2. The van der Waals surface area contributed by atoms with Gasteiger partial charge in [0.15, 0.2) is 0 Å². The van der Waals surface area contributed by atoms with Crippen LogP contribution in [0.25, 0.3) is 0 Å². The third-order valence-corrected chi connectivity index (χ3v) is 2.76. The zero-order chi connectivity index (χ0) is 8.39. The Hall–Kier alpha value is -0.920. The van der Waals surface area contributed by atoms with Gasteiger partial charge in [0.25, 0.3) is 0 Å². The predicted octanol–water partition coefficient (Wildman–Crippen LogP) is 1.99. The van der Waals surface area contributed by atoms with E-state index in [1.165, 1.54) is 30.5 Å². The fourth-order valence-corrected chi connectivity index (χ4v) is 1.86. The van der Waals surface area contributed by atoms with E-state index in [4.69, 9.17) is 0 Å². The average molecular weight is 162 g/mol. The Morgan fingerprint density at radius 3 is 3.33 bits per heavy atom. The van der Waals surface area contributed by atoms with Gasteiger partial charge in [0, 0.05) is 11.9 Å². The molecule has 0 aromatic carbocycles. The molecule has 2 nitrogen and oxygen atoms in total. The van der Waals surface area contributed by atoms with E-state index in [1.54, 1.807) is 6.33 Å². The van der Waals surface area contributed by atoms with Crippen molar-refractivity contribution in [3.05, 3.63) is 23.8 Å². The highest BCUT2D eigenvalue weighted by molar-refractivity contribution is 5.19. The quantitative estimate of drug-likeness (QED) is 0.631. The fourth-order valence-electron chi connectivity index (χ4n) is 1.86. The first kappa shape index (κ1) is 7.71. The fraction of sp³-hybridized carbons (Fsp3) is 0.600. The minimum atomic E-state index is 0.854. The SMILES string of the molecule is CC[C@H]1CCc2cncnc2C1. The summed E-state index contributed by atoms with van der Waals surface area (Å²) in [5, 5.41) is 0. The van der Waals surface area contributed by atoms with Gasteiger partial charge in [-0.2, -0.15) is 0 Å². The molecule has 0 amide bonds. The van der Waals surface area contributed by atoms with Crippen molar-refractivity contribution in [3.63, 3.8) is 0 Å². The lowest BCUT2D eigenvalue weighted by atomic mass is 9.86. The maximum absolute atomic E-state index is 4.31. The second-order valence-electron chi connectivity index (χ2n) is 3.51. The van der Waals surface area contributed by atoms with Crippen LogP contribution in [-0.2, 0) is 12.8 Å². The van der Waals surface area contributed by atoms with Crippen LogP contribution in [-0.4, -0.2) is 9.97 Å². The van der Waals surface area contributed by atoms with E-state index in [2.05, 4.69) is 16.9 Å². The molecule has 0 fully saturated rings. The Morgan fingerprint density at radius 1 is 1.58 bits per heavy atom. The molecule has 1 aliphatic carbocycles. The van der Waals surface area contributed by atoms with Gasteiger partial charge in [-0.15, -0.1) is 0 Å². The minimum Gasteiger partial charge on any atom is -0.245 e. The summed E-state index contributed by atoms with van der Waals surface area (Å²) in [6.07, 6.45) is 8.56. The molecule has 0 saturated carbocycles. The molecule has 2 heteroatoms. The van der Waals surface area contributed by atoms with Gasteiger partial charge in [0.05, 0.1) is 0 Å². The Morgan fingerprint density at radius 2 is 2.50 bits per heavy atom. The first-order valence-corrected chi connectivity index (χ1v) is 4.68. The number of aryl methyl sites for hydroxylation is 1. The summed E-state index contributed by atoms with van der Waals surface area (Å²) in [6, 6.07) is 0. The van der Waals surface area contributed by atoms with Gasteiger partial charge >= 0.3 is 0 Å². The van der Waals surface area contributed by atoms with E-state index in [9.17, 15) is 0 Å².